The Hall–Kier alpha value is -1.27. The second kappa shape index (κ2) is 5.18. The van der Waals surface area contributed by atoms with Gasteiger partial charge in [0.05, 0.1) is 12.7 Å². The van der Waals surface area contributed by atoms with E-state index in [0.29, 0.717) is 0 Å². The van der Waals surface area contributed by atoms with Crippen molar-refractivity contribution in [1.82, 2.24) is 4.98 Å². The first-order valence-electron chi connectivity index (χ1n) is 4.27. The van der Waals surface area contributed by atoms with E-state index in [0.717, 1.165) is 13.2 Å². The molecule has 0 aliphatic heterocycles. The monoisotopic (exact) mass is 250 g/mol. The summed E-state index contributed by atoms with van der Waals surface area (Å²) in [6.45, 7) is -0.0347. The van der Waals surface area contributed by atoms with Crippen molar-refractivity contribution in [2.45, 2.75) is 13.0 Å². The minimum Gasteiger partial charge on any atom is -0.464 e. The maximum atomic E-state index is 12.6. The Labute approximate surface area is 95.4 Å². The summed E-state index contributed by atoms with van der Waals surface area (Å²) >= 11 is 5.66. The van der Waals surface area contributed by atoms with Crippen LogP contribution in [0.2, 0.25) is 5.15 Å². The molecule has 2 N–H and O–H groups in total. The fraction of sp³-hybridized carbons (Fsp3) is 0.333. The summed E-state index contributed by atoms with van der Waals surface area (Å²) < 4.78 is 29.6. The molecule has 0 radical (unpaired) electrons. The van der Waals surface area contributed by atoms with Crippen LogP contribution in [0.3, 0.4) is 0 Å². The highest BCUT2D eigenvalue weighted by molar-refractivity contribution is 6.30. The van der Waals surface area contributed by atoms with E-state index in [2.05, 4.69) is 9.72 Å². The summed E-state index contributed by atoms with van der Waals surface area (Å²) in [5.41, 5.74) is 4.53. The van der Waals surface area contributed by atoms with Crippen molar-refractivity contribution in [3.63, 3.8) is 0 Å². The summed E-state index contributed by atoms with van der Waals surface area (Å²) in [6.07, 6.45) is -2.84. The summed E-state index contributed by atoms with van der Waals surface area (Å²) in [7, 11) is 1.07. The van der Waals surface area contributed by atoms with Gasteiger partial charge in [-0.15, -0.1) is 0 Å². The maximum Gasteiger partial charge on any atom is 0.357 e. The van der Waals surface area contributed by atoms with Crippen LogP contribution in [-0.2, 0) is 11.3 Å². The number of carbonyl (C=O) groups is 1. The smallest absolute Gasteiger partial charge is 0.357 e. The molecular weight excluding hydrogens is 242 g/mol. The van der Waals surface area contributed by atoms with Gasteiger partial charge < -0.3 is 10.5 Å². The maximum absolute atomic E-state index is 12.6. The van der Waals surface area contributed by atoms with E-state index in [4.69, 9.17) is 17.3 Å². The highest BCUT2D eigenvalue weighted by atomic mass is 35.5. The number of halogens is 3. The third-order valence-electron chi connectivity index (χ3n) is 1.91. The van der Waals surface area contributed by atoms with Crippen LogP contribution >= 0.6 is 11.6 Å². The van der Waals surface area contributed by atoms with E-state index in [-0.39, 0.29) is 17.3 Å². The van der Waals surface area contributed by atoms with E-state index < -0.39 is 23.7 Å². The molecule has 0 spiro atoms. The number of alkyl halides is 2. The van der Waals surface area contributed by atoms with Gasteiger partial charge in [0.1, 0.15) is 5.15 Å². The first kappa shape index (κ1) is 12.8. The largest absolute Gasteiger partial charge is 0.464 e. The fourth-order valence-corrected chi connectivity index (χ4v) is 1.34. The van der Waals surface area contributed by atoms with Crippen molar-refractivity contribution in [3.8, 4) is 0 Å². The molecule has 88 valence electrons. The zero-order valence-corrected chi connectivity index (χ0v) is 9.09. The zero-order valence-electron chi connectivity index (χ0n) is 8.34. The number of nitrogens with zero attached hydrogens (tertiary/aromatic N) is 1. The summed E-state index contributed by atoms with van der Waals surface area (Å²) in [5.74, 6) is -0.958. The SMILES string of the molecule is COC(=O)c1nc(Cl)c(CN)cc1C(F)F. The molecule has 0 aromatic carbocycles. The minimum atomic E-state index is -2.84. The van der Waals surface area contributed by atoms with Gasteiger partial charge >= 0.3 is 5.97 Å². The number of pyridine rings is 1. The Morgan fingerprint density at radius 1 is 1.69 bits per heavy atom. The van der Waals surface area contributed by atoms with Crippen LogP contribution in [0.5, 0.6) is 0 Å². The molecule has 7 heteroatoms. The number of nitrogens with two attached hydrogens (primary N) is 1. The van der Waals surface area contributed by atoms with Gasteiger partial charge in [-0.05, 0) is 6.07 Å². The number of ether oxygens (including phenoxy) is 1. The lowest BCUT2D eigenvalue weighted by molar-refractivity contribution is 0.0581. The van der Waals surface area contributed by atoms with Gasteiger partial charge in [-0.2, -0.15) is 0 Å². The van der Waals surface area contributed by atoms with Gasteiger partial charge in [0.25, 0.3) is 6.43 Å². The molecular formula is C9H9ClF2N2O2. The predicted octanol–water partition coefficient (Wildman–Crippen LogP) is 1.92. The van der Waals surface area contributed by atoms with E-state index >= 15 is 0 Å². The number of carbonyl (C=O) groups excluding carboxylic acids is 1. The molecule has 1 heterocycles. The van der Waals surface area contributed by atoms with Crippen LogP contribution < -0.4 is 5.73 Å². The molecule has 16 heavy (non-hydrogen) atoms. The van der Waals surface area contributed by atoms with Crippen LogP contribution in [0.1, 0.15) is 28.0 Å². The van der Waals surface area contributed by atoms with Crippen molar-refractivity contribution in [2.75, 3.05) is 7.11 Å². The van der Waals surface area contributed by atoms with Gasteiger partial charge in [-0.1, -0.05) is 11.6 Å². The van der Waals surface area contributed by atoms with Gasteiger partial charge in [0, 0.05) is 12.1 Å². The average Bonchev–Trinajstić information content (AvgIpc) is 2.27. The van der Waals surface area contributed by atoms with Crippen LogP contribution in [0, 0.1) is 0 Å². The molecule has 1 aromatic heterocycles. The second-order valence-corrected chi connectivity index (χ2v) is 3.23. The first-order chi connectivity index (χ1) is 7.51. The Morgan fingerprint density at radius 2 is 2.31 bits per heavy atom. The molecule has 0 amide bonds. The topological polar surface area (TPSA) is 65.2 Å². The average molecular weight is 251 g/mol. The number of hydrogen-bond donors (Lipinski definition) is 1. The second-order valence-electron chi connectivity index (χ2n) is 2.87. The van der Waals surface area contributed by atoms with E-state index in [9.17, 15) is 13.6 Å². The number of hydrogen-bond acceptors (Lipinski definition) is 4. The van der Waals surface area contributed by atoms with Crippen LogP contribution in [0.4, 0.5) is 8.78 Å². The summed E-state index contributed by atoms with van der Waals surface area (Å²) in [5, 5.41) is -0.0766. The molecule has 0 aliphatic carbocycles. The van der Waals surface area contributed by atoms with Crippen molar-refractivity contribution < 1.29 is 18.3 Å². The van der Waals surface area contributed by atoms with Gasteiger partial charge in [0.15, 0.2) is 5.69 Å². The lowest BCUT2D eigenvalue weighted by Gasteiger charge is -2.09. The van der Waals surface area contributed by atoms with Crippen LogP contribution in [0.25, 0.3) is 0 Å². The van der Waals surface area contributed by atoms with E-state index in [1.54, 1.807) is 0 Å². The number of aromatic nitrogens is 1. The lowest BCUT2D eigenvalue weighted by Crippen LogP contribution is -2.12. The van der Waals surface area contributed by atoms with Gasteiger partial charge in [-0.25, -0.2) is 18.6 Å². The fourth-order valence-electron chi connectivity index (χ4n) is 1.12. The molecule has 0 saturated carbocycles. The third kappa shape index (κ3) is 2.45. The van der Waals surface area contributed by atoms with Gasteiger partial charge in [-0.3, -0.25) is 0 Å². The van der Waals surface area contributed by atoms with Gasteiger partial charge in [0.2, 0.25) is 0 Å². The normalized spacial score (nSPS) is 10.6. The van der Waals surface area contributed by atoms with Crippen LogP contribution in [-0.4, -0.2) is 18.1 Å². The van der Waals surface area contributed by atoms with Crippen molar-refractivity contribution >= 4 is 17.6 Å². The van der Waals surface area contributed by atoms with E-state index in [1.807, 2.05) is 0 Å². The molecule has 0 saturated heterocycles. The summed E-state index contributed by atoms with van der Waals surface area (Å²) in [6, 6.07) is 1.06. The Morgan fingerprint density at radius 3 is 2.75 bits per heavy atom. The van der Waals surface area contributed by atoms with E-state index in [1.165, 1.54) is 0 Å². The molecule has 0 bridgehead atoms. The lowest BCUT2D eigenvalue weighted by atomic mass is 10.1. The predicted molar refractivity (Wildman–Crippen MR) is 53.4 cm³/mol. The minimum absolute atomic E-state index is 0.0347. The highest BCUT2D eigenvalue weighted by Gasteiger charge is 2.22. The first-order valence-corrected chi connectivity index (χ1v) is 4.64. The van der Waals surface area contributed by atoms with Crippen molar-refractivity contribution in [3.05, 3.63) is 28.0 Å². The zero-order chi connectivity index (χ0) is 12.3. The quantitative estimate of drug-likeness (QED) is 0.657. The Kier molecular flexibility index (Phi) is 4.14. The standard InChI is InChI=1S/C9H9ClF2N2O2/c1-16-9(15)6-5(8(11)12)2-4(3-13)7(10)14-6/h2,8H,3,13H2,1H3. The van der Waals surface area contributed by atoms with Crippen molar-refractivity contribution in [1.29, 1.82) is 0 Å². The molecule has 4 nitrogen and oxygen atoms in total. The number of methoxy groups -OCH3 is 1. The number of rotatable bonds is 3. The molecule has 0 aliphatic rings. The molecule has 0 fully saturated rings. The highest BCUT2D eigenvalue weighted by Crippen LogP contribution is 2.26. The molecule has 0 unspecified atom stereocenters. The van der Waals surface area contributed by atoms with Crippen molar-refractivity contribution in [2.24, 2.45) is 5.73 Å². The molecule has 1 aromatic rings. The van der Waals surface area contributed by atoms with Crippen LogP contribution in [0.15, 0.2) is 6.07 Å². The molecule has 1 rings (SSSR count). The Balaban J connectivity index is 3.36. The third-order valence-corrected chi connectivity index (χ3v) is 2.24. The Bertz CT molecular complexity index is 413. The number of esters is 1. The molecule has 0 atom stereocenters. The summed E-state index contributed by atoms with van der Waals surface area (Å²) in [4.78, 5) is 14.7.